The Labute approximate surface area is 113 Å². The molecule has 0 bridgehead atoms. The van der Waals surface area contributed by atoms with Crippen molar-refractivity contribution in [2.24, 2.45) is 0 Å². The van der Waals surface area contributed by atoms with Crippen LogP contribution in [0.4, 0.5) is 0 Å². The Hall–Kier alpha value is -1.09. The summed E-state index contributed by atoms with van der Waals surface area (Å²) in [5.74, 6) is 0. The molecule has 0 unspecified atom stereocenters. The van der Waals surface area contributed by atoms with Crippen LogP contribution in [0.15, 0.2) is 36.4 Å². The number of fused-ring (bicyclic) bond motifs is 1. The van der Waals surface area contributed by atoms with Crippen LogP contribution in [0.5, 0.6) is 0 Å². The second-order valence-corrected chi connectivity index (χ2v) is 5.19. The number of rotatable bonds is 2. The largest absolute Gasteiger partial charge is 0.314 e. The van der Waals surface area contributed by atoms with Crippen molar-refractivity contribution in [2.75, 3.05) is 26.2 Å². The van der Waals surface area contributed by atoms with Gasteiger partial charge in [-0.15, -0.1) is 0 Å². The van der Waals surface area contributed by atoms with E-state index in [1.54, 1.807) is 0 Å². The first-order chi connectivity index (χ1) is 8.84. The molecule has 1 N–H and O–H groups in total. The van der Waals surface area contributed by atoms with Crippen LogP contribution in [-0.2, 0) is 6.54 Å². The molecule has 2 aromatic rings. The van der Waals surface area contributed by atoms with Gasteiger partial charge in [-0.3, -0.25) is 4.90 Å². The highest BCUT2D eigenvalue weighted by Gasteiger charge is 2.12. The second-order valence-electron chi connectivity index (χ2n) is 4.78. The lowest BCUT2D eigenvalue weighted by Gasteiger charge is -2.27. The van der Waals surface area contributed by atoms with Crippen LogP contribution in [0.2, 0.25) is 5.02 Å². The first-order valence-electron chi connectivity index (χ1n) is 6.44. The Balaban J connectivity index is 1.94. The topological polar surface area (TPSA) is 15.3 Å². The first-order valence-corrected chi connectivity index (χ1v) is 6.81. The molecule has 2 aromatic carbocycles. The summed E-state index contributed by atoms with van der Waals surface area (Å²) in [6.07, 6.45) is 0. The van der Waals surface area contributed by atoms with Gasteiger partial charge in [-0.2, -0.15) is 0 Å². The fraction of sp³-hybridized carbons (Fsp3) is 0.333. The number of nitrogens with zero attached hydrogens (tertiary/aromatic N) is 1. The van der Waals surface area contributed by atoms with E-state index in [1.807, 2.05) is 12.1 Å². The van der Waals surface area contributed by atoms with Crippen LogP contribution in [0.3, 0.4) is 0 Å². The summed E-state index contributed by atoms with van der Waals surface area (Å²) < 4.78 is 0. The maximum Gasteiger partial charge on any atom is 0.0484 e. The lowest BCUT2D eigenvalue weighted by molar-refractivity contribution is 0.234. The van der Waals surface area contributed by atoms with Gasteiger partial charge in [0.25, 0.3) is 0 Å². The molecule has 0 atom stereocenters. The molecule has 1 aliphatic heterocycles. The average molecular weight is 261 g/mol. The normalized spacial score (nSPS) is 17.2. The number of hydrogen-bond donors (Lipinski definition) is 1. The molecule has 0 amide bonds. The van der Waals surface area contributed by atoms with Crippen LogP contribution >= 0.6 is 11.6 Å². The van der Waals surface area contributed by atoms with Crippen molar-refractivity contribution in [2.45, 2.75) is 6.54 Å². The van der Waals surface area contributed by atoms with Crippen molar-refractivity contribution in [3.8, 4) is 0 Å². The third kappa shape index (κ3) is 2.37. The standard InChI is InChI=1S/C15H17ClN2/c16-15-6-5-12(11-18-9-7-17-8-10-18)13-3-1-2-4-14(13)15/h1-6,17H,7-11H2. The van der Waals surface area contributed by atoms with E-state index in [0.717, 1.165) is 43.1 Å². The quantitative estimate of drug-likeness (QED) is 0.893. The number of piperazine rings is 1. The highest BCUT2D eigenvalue weighted by Crippen LogP contribution is 2.27. The van der Waals surface area contributed by atoms with E-state index in [-0.39, 0.29) is 0 Å². The minimum Gasteiger partial charge on any atom is -0.314 e. The third-order valence-corrected chi connectivity index (χ3v) is 3.89. The molecule has 1 fully saturated rings. The van der Waals surface area contributed by atoms with Crippen LogP contribution in [0.25, 0.3) is 10.8 Å². The summed E-state index contributed by atoms with van der Waals surface area (Å²) in [5.41, 5.74) is 1.37. The van der Waals surface area contributed by atoms with Gasteiger partial charge in [0.05, 0.1) is 0 Å². The molecule has 1 heterocycles. The molecule has 2 nitrogen and oxygen atoms in total. The van der Waals surface area contributed by atoms with E-state index in [0.29, 0.717) is 0 Å². The Morgan fingerprint density at radius 1 is 1.00 bits per heavy atom. The summed E-state index contributed by atoms with van der Waals surface area (Å²) in [6, 6.07) is 12.6. The molecule has 1 aliphatic rings. The highest BCUT2D eigenvalue weighted by molar-refractivity contribution is 6.35. The molecule has 0 aromatic heterocycles. The van der Waals surface area contributed by atoms with Crippen LogP contribution < -0.4 is 5.32 Å². The van der Waals surface area contributed by atoms with Gasteiger partial charge in [-0.25, -0.2) is 0 Å². The Bertz CT molecular complexity index is 547. The van der Waals surface area contributed by atoms with Gasteiger partial charge in [0.15, 0.2) is 0 Å². The van der Waals surface area contributed by atoms with Gasteiger partial charge in [0.1, 0.15) is 0 Å². The molecule has 1 saturated heterocycles. The average Bonchev–Trinajstić information content (AvgIpc) is 2.44. The maximum atomic E-state index is 6.25. The van der Waals surface area contributed by atoms with Crippen LogP contribution in [-0.4, -0.2) is 31.1 Å². The van der Waals surface area contributed by atoms with Gasteiger partial charge in [0.2, 0.25) is 0 Å². The van der Waals surface area contributed by atoms with Gasteiger partial charge in [-0.1, -0.05) is 41.9 Å². The fourth-order valence-electron chi connectivity index (χ4n) is 2.57. The van der Waals surface area contributed by atoms with E-state index < -0.39 is 0 Å². The first kappa shape index (κ1) is 12.0. The van der Waals surface area contributed by atoms with Crippen molar-refractivity contribution in [1.29, 1.82) is 0 Å². The lowest BCUT2D eigenvalue weighted by atomic mass is 10.0. The molecule has 0 radical (unpaired) electrons. The summed E-state index contributed by atoms with van der Waals surface area (Å²) in [6.45, 7) is 5.43. The summed E-state index contributed by atoms with van der Waals surface area (Å²) in [7, 11) is 0. The van der Waals surface area contributed by atoms with E-state index in [1.165, 1.54) is 10.9 Å². The molecule has 0 saturated carbocycles. The summed E-state index contributed by atoms with van der Waals surface area (Å²) in [5, 5.41) is 6.67. The smallest absolute Gasteiger partial charge is 0.0484 e. The predicted octanol–water partition coefficient (Wildman–Crippen LogP) is 2.90. The number of hydrogen-bond acceptors (Lipinski definition) is 2. The highest BCUT2D eigenvalue weighted by atomic mass is 35.5. The third-order valence-electron chi connectivity index (χ3n) is 3.56. The molecule has 0 spiro atoms. The molecular weight excluding hydrogens is 244 g/mol. The van der Waals surface area contributed by atoms with Crippen molar-refractivity contribution < 1.29 is 0 Å². The van der Waals surface area contributed by atoms with Crippen molar-refractivity contribution in [3.63, 3.8) is 0 Å². The zero-order valence-electron chi connectivity index (χ0n) is 10.3. The molecule has 18 heavy (non-hydrogen) atoms. The van der Waals surface area contributed by atoms with Gasteiger partial charge < -0.3 is 5.32 Å². The zero-order chi connectivity index (χ0) is 12.4. The van der Waals surface area contributed by atoms with Crippen molar-refractivity contribution >= 4 is 22.4 Å². The zero-order valence-corrected chi connectivity index (χ0v) is 11.1. The number of nitrogens with one attached hydrogen (secondary N) is 1. The van der Waals surface area contributed by atoms with Crippen molar-refractivity contribution in [3.05, 3.63) is 47.0 Å². The second kappa shape index (κ2) is 5.27. The minimum absolute atomic E-state index is 0.842. The molecule has 3 heteroatoms. The van der Waals surface area contributed by atoms with Gasteiger partial charge in [-0.05, 0) is 17.0 Å². The summed E-state index contributed by atoms with van der Waals surface area (Å²) in [4.78, 5) is 2.49. The van der Waals surface area contributed by atoms with E-state index in [4.69, 9.17) is 11.6 Å². The Morgan fingerprint density at radius 2 is 1.72 bits per heavy atom. The summed E-state index contributed by atoms with van der Waals surface area (Å²) >= 11 is 6.25. The monoisotopic (exact) mass is 260 g/mol. The van der Waals surface area contributed by atoms with E-state index in [9.17, 15) is 0 Å². The molecule has 94 valence electrons. The minimum atomic E-state index is 0.842. The molecule has 0 aliphatic carbocycles. The molecular formula is C15H17ClN2. The van der Waals surface area contributed by atoms with Crippen LogP contribution in [0.1, 0.15) is 5.56 Å². The fourth-order valence-corrected chi connectivity index (χ4v) is 2.80. The van der Waals surface area contributed by atoms with Crippen LogP contribution in [0, 0.1) is 0 Å². The Morgan fingerprint density at radius 3 is 2.50 bits per heavy atom. The van der Waals surface area contributed by atoms with E-state index in [2.05, 4.69) is 34.5 Å². The molecule has 3 rings (SSSR count). The predicted molar refractivity (Wildman–Crippen MR) is 77.1 cm³/mol. The van der Waals surface area contributed by atoms with Gasteiger partial charge >= 0.3 is 0 Å². The van der Waals surface area contributed by atoms with Crippen molar-refractivity contribution in [1.82, 2.24) is 10.2 Å². The van der Waals surface area contributed by atoms with Gasteiger partial charge in [0, 0.05) is 43.1 Å². The Kier molecular flexibility index (Phi) is 3.50. The number of halogens is 1. The maximum absolute atomic E-state index is 6.25. The SMILES string of the molecule is Clc1ccc(CN2CCNCC2)c2ccccc12. The van der Waals surface area contributed by atoms with E-state index >= 15 is 0 Å². The number of benzene rings is 2. The lowest BCUT2D eigenvalue weighted by Crippen LogP contribution is -2.42.